The van der Waals surface area contributed by atoms with E-state index >= 15 is 0 Å². The zero-order valence-electron chi connectivity index (χ0n) is 9.69. The number of rotatable bonds is 2. The summed E-state index contributed by atoms with van der Waals surface area (Å²) in [5.74, 6) is 0.730. The van der Waals surface area contributed by atoms with Crippen LogP contribution in [0.5, 0.6) is 0 Å². The maximum Gasteiger partial charge on any atom is 0.0302 e. The van der Waals surface area contributed by atoms with Crippen LogP contribution in [0.15, 0.2) is 24.5 Å². The van der Waals surface area contributed by atoms with E-state index in [4.69, 9.17) is 0 Å². The number of pyridine rings is 1. The van der Waals surface area contributed by atoms with Gasteiger partial charge in [0.15, 0.2) is 0 Å². The summed E-state index contributed by atoms with van der Waals surface area (Å²) in [5, 5.41) is 0. The minimum atomic E-state index is 0.694. The summed E-state index contributed by atoms with van der Waals surface area (Å²) in [5.41, 5.74) is 1.42. The predicted molar refractivity (Wildman–Crippen MR) is 62.9 cm³/mol. The van der Waals surface area contributed by atoms with Crippen molar-refractivity contribution >= 4 is 0 Å². The van der Waals surface area contributed by atoms with Gasteiger partial charge in [0.05, 0.1) is 0 Å². The number of nitrogens with zero attached hydrogens (tertiary/aromatic N) is 2. The summed E-state index contributed by atoms with van der Waals surface area (Å²) in [7, 11) is 0. The van der Waals surface area contributed by atoms with Crippen molar-refractivity contribution in [1.82, 2.24) is 9.88 Å². The van der Waals surface area contributed by atoms with Crippen LogP contribution < -0.4 is 0 Å². The fourth-order valence-corrected chi connectivity index (χ4v) is 2.37. The summed E-state index contributed by atoms with van der Waals surface area (Å²) < 4.78 is 0. The molecule has 0 spiro atoms. The van der Waals surface area contributed by atoms with Crippen LogP contribution in [0.4, 0.5) is 0 Å². The van der Waals surface area contributed by atoms with Crippen molar-refractivity contribution in [3.63, 3.8) is 0 Å². The van der Waals surface area contributed by atoms with Gasteiger partial charge in [-0.25, -0.2) is 0 Å². The molecule has 1 fully saturated rings. The van der Waals surface area contributed by atoms with E-state index in [0.29, 0.717) is 6.04 Å². The Balaban J connectivity index is 1.94. The molecule has 1 aromatic rings. The molecular formula is C13H20N2. The smallest absolute Gasteiger partial charge is 0.0302 e. The van der Waals surface area contributed by atoms with E-state index in [1.54, 1.807) is 0 Å². The maximum absolute atomic E-state index is 4.20. The van der Waals surface area contributed by atoms with Crippen LogP contribution in [0.3, 0.4) is 0 Å². The fourth-order valence-electron chi connectivity index (χ4n) is 2.37. The molecule has 0 aliphatic carbocycles. The Morgan fingerprint density at radius 1 is 1.33 bits per heavy atom. The van der Waals surface area contributed by atoms with E-state index < -0.39 is 0 Å². The van der Waals surface area contributed by atoms with Gasteiger partial charge in [-0.2, -0.15) is 0 Å². The highest BCUT2D eigenvalue weighted by molar-refractivity contribution is 5.15. The SMILES string of the molecule is CC(C)N1CCC(c2cccnc2)CC1. The molecule has 82 valence electrons. The van der Waals surface area contributed by atoms with Crippen LogP contribution in [0.25, 0.3) is 0 Å². The highest BCUT2D eigenvalue weighted by Gasteiger charge is 2.21. The molecule has 1 aromatic heterocycles. The minimum Gasteiger partial charge on any atom is -0.301 e. The Hall–Kier alpha value is -0.890. The van der Waals surface area contributed by atoms with Crippen molar-refractivity contribution in [1.29, 1.82) is 0 Å². The molecule has 1 saturated heterocycles. The van der Waals surface area contributed by atoms with E-state index in [2.05, 4.69) is 29.8 Å². The van der Waals surface area contributed by atoms with Crippen molar-refractivity contribution in [2.45, 2.75) is 38.6 Å². The molecule has 2 rings (SSSR count). The Morgan fingerprint density at radius 2 is 2.07 bits per heavy atom. The molecule has 0 amide bonds. The highest BCUT2D eigenvalue weighted by atomic mass is 15.1. The van der Waals surface area contributed by atoms with Gasteiger partial charge in [-0.15, -0.1) is 0 Å². The lowest BCUT2D eigenvalue weighted by molar-refractivity contribution is 0.172. The predicted octanol–water partition coefficient (Wildman–Crippen LogP) is 2.67. The number of aromatic nitrogens is 1. The van der Waals surface area contributed by atoms with Crippen LogP contribution in [0.2, 0.25) is 0 Å². The van der Waals surface area contributed by atoms with Crippen molar-refractivity contribution in [2.75, 3.05) is 13.1 Å². The zero-order valence-corrected chi connectivity index (χ0v) is 9.69. The third kappa shape index (κ3) is 2.57. The molecule has 2 nitrogen and oxygen atoms in total. The van der Waals surface area contributed by atoms with E-state index in [9.17, 15) is 0 Å². The van der Waals surface area contributed by atoms with Crippen LogP contribution in [-0.4, -0.2) is 29.0 Å². The molecule has 0 N–H and O–H groups in total. The molecule has 0 radical (unpaired) electrons. The molecule has 2 heterocycles. The first kappa shape index (κ1) is 10.6. The van der Waals surface area contributed by atoms with Crippen molar-refractivity contribution in [2.24, 2.45) is 0 Å². The van der Waals surface area contributed by atoms with Gasteiger partial charge in [0.1, 0.15) is 0 Å². The summed E-state index contributed by atoms with van der Waals surface area (Å²) in [6, 6.07) is 4.95. The molecule has 0 bridgehead atoms. The van der Waals surface area contributed by atoms with Gasteiger partial charge >= 0.3 is 0 Å². The van der Waals surface area contributed by atoms with Crippen molar-refractivity contribution in [3.05, 3.63) is 30.1 Å². The first-order valence-corrected chi connectivity index (χ1v) is 5.91. The molecule has 1 aliphatic heterocycles. The summed E-state index contributed by atoms with van der Waals surface area (Å²) >= 11 is 0. The quantitative estimate of drug-likeness (QED) is 0.736. The first-order valence-electron chi connectivity index (χ1n) is 5.91. The van der Waals surface area contributed by atoms with Gasteiger partial charge in [-0.1, -0.05) is 6.07 Å². The van der Waals surface area contributed by atoms with Crippen LogP contribution in [0.1, 0.15) is 38.2 Å². The molecule has 15 heavy (non-hydrogen) atoms. The monoisotopic (exact) mass is 204 g/mol. The minimum absolute atomic E-state index is 0.694. The van der Waals surface area contributed by atoms with Gasteiger partial charge in [0.2, 0.25) is 0 Å². The molecule has 0 aromatic carbocycles. The largest absolute Gasteiger partial charge is 0.301 e. The van der Waals surface area contributed by atoms with Gasteiger partial charge in [-0.05, 0) is 57.3 Å². The van der Waals surface area contributed by atoms with E-state index in [0.717, 1.165) is 5.92 Å². The zero-order chi connectivity index (χ0) is 10.7. The second kappa shape index (κ2) is 4.75. The lowest BCUT2D eigenvalue weighted by atomic mass is 9.90. The number of likely N-dealkylation sites (tertiary alicyclic amines) is 1. The second-order valence-corrected chi connectivity index (χ2v) is 4.69. The average Bonchev–Trinajstić information content (AvgIpc) is 2.30. The highest BCUT2D eigenvalue weighted by Crippen LogP contribution is 2.27. The molecule has 0 unspecified atom stereocenters. The van der Waals surface area contributed by atoms with E-state index in [1.807, 2.05) is 18.5 Å². The number of hydrogen-bond donors (Lipinski definition) is 0. The first-order chi connectivity index (χ1) is 7.27. The van der Waals surface area contributed by atoms with Gasteiger partial charge < -0.3 is 4.90 Å². The van der Waals surface area contributed by atoms with E-state index in [1.165, 1.54) is 31.5 Å². The Kier molecular flexibility index (Phi) is 3.37. The van der Waals surface area contributed by atoms with Gasteiger partial charge in [0.25, 0.3) is 0 Å². The number of piperidine rings is 1. The summed E-state index contributed by atoms with van der Waals surface area (Å²) in [4.78, 5) is 6.76. The third-order valence-corrected chi connectivity index (χ3v) is 3.42. The molecule has 1 aliphatic rings. The number of hydrogen-bond acceptors (Lipinski definition) is 2. The Morgan fingerprint density at radius 3 is 2.60 bits per heavy atom. The Bertz CT molecular complexity index is 287. The van der Waals surface area contributed by atoms with Crippen molar-refractivity contribution < 1.29 is 0 Å². The maximum atomic E-state index is 4.20. The second-order valence-electron chi connectivity index (χ2n) is 4.69. The van der Waals surface area contributed by atoms with Gasteiger partial charge in [-0.3, -0.25) is 4.98 Å². The normalized spacial score (nSPS) is 19.7. The van der Waals surface area contributed by atoms with Crippen LogP contribution >= 0.6 is 0 Å². The lowest BCUT2D eigenvalue weighted by Crippen LogP contribution is -2.37. The van der Waals surface area contributed by atoms with E-state index in [-0.39, 0.29) is 0 Å². The summed E-state index contributed by atoms with van der Waals surface area (Å²) in [6.45, 7) is 7.03. The molecular weight excluding hydrogens is 184 g/mol. The average molecular weight is 204 g/mol. The Labute approximate surface area is 92.3 Å². The molecule has 0 atom stereocenters. The standard InChI is InChI=1S/C13H20N2/c1-11(2)15-8-5-12(6-9-15)13-4-3-7-14-10-13/h3-4,7,10-12H,5-6,8-9H2,1-2H3. The van der Waals surface area contributed by atoms with Crippen LogP contribution in [0, 0.1) is 0 Å². The summed E-state index contributed by atoms with van der Waals surface area (Å²) in [6.07, 6.45) is 6.44. The van der Waals surface area contributed by atoms with Gasteiger partial charge in [0, 0.05) is 18.4 Å². The van der Waals surface area contributed by atoms with Crippen LogP contribution in [-0.2, 0) is 0 Å². The fraction of sp³-hybridized carbons (Fsp3) is 0.615. The topological polar surface area (TPSA) is 16.1 Å². The lowest BCUT2D eigenvalue weighted by Gasteiger charge is -2.34. The third-order valence-electron chi connectivity index (χ3n) is 3.42. The molecule has 2 heteroatoms. The molecule has 0 saturated carbocycles. The van der Waals surface area contributed by atoms with Crippen molar-refractivity contribution in [3.8, 4) is 0 Å².